The number of fused-ring (bicyclic) bond motifs is 1. The summed E-state index contributed by atoms with van der Waals surface area (Å²) in [5.41, 5.74) is 2.50. The Morgan fingerprint density at radius 3 is 1.96 bits per heavy atom. The van der Waals surface area contributed by atoms with Crippen molar-refractivity contribution in [3.05, 3.63) is 81.5 Å². The summed E-state index contributed by atoms with van der Waals surface area (Å²) >= 11 is 0. The van der Waals surface area contributed by atoms with Gasteiger partial charge in [-0.2, -0.15) is 10.1 Å². The quantitative estimate of drug-likeness (QED) is 0.559. The van der Waals surface area contributed by atoms with Crippen molar-refractivity contribution in [3.8, 4) is 33.8 Å². The summed E-state index contributed by atoms with van der Waals surface area (Å²) in [5, 5.41) is 4.63. The molecule has 2 heterocycles. The number of hydrogen-bond acceptors (Lipinski definition) is 4. The van der Waals surface area contributed by atoms with Crippen molar-refractivity contribution in [2.75, 3.05) is 0 Å². The molecular weight excluding hydrogens is 328 g/mol. The van der Waals surface area contributed by atoms with Crippen molar-refractivity contribution >= 4 is 0 Å². The van der Waals surface area contributed by atoms with Crippen LogP contribution in [0.25, 0.3) is 33.8 Å². The lowest BCUT2D eigenvalue weighted by atomic mass is 9.95. The Morgan fingerprint density at radius 2 is 1.35 bits per heavy atom. The number of rotatable bonds is 2. The second-order valence-corrected chi connectivity index (χ2v) is 6.04. The van der Waals surface area contributed by atoms with Crippen molar-refractivity contribution in [1.82, 2.24) is 19.3 Å². The molecule has 2 aliphatic heterocycles. The maximum absolute atomic E-state index is 13.0. The van der Waals surface area contributed by atoms with Crippen molar-refractivity contribution in [1.29, 1.82) is 0 Å². The van der Waals surface area contributed by atoms with E-state index in [4.69, 9.17) is 0 Å². The van der Waals surface area contributed by atoms with Crippen LogP contribution in [-0.4, -0.2) is 19.3 Å². The Balaban J connectivity index is 2.24. The summed E-state index contributed by atoms with van der Waals surface area (Å²) in [4.78, 5) is 29.0. The molecule has 0 saturated heterocycles. The van der Waals surface area contributed by atoms with Gasteiger partial charge in [0.15, 0.2) is 5.82 Å². The predicted molar refractivity (Wildman–Crippen MR) is 100 cm³/mol. The Kier molecular flexibility index (Phi) is 3.73. The van der Waals surface area contributed by atoms with Gasteiger partial charge in [0.1, 0.15) is 0 Å². The zero-order valence-corrected chi connectivity index (χ0v) is 14.4. The van der Waals surface area contributed by atoms with Crippen molar-refractivity contribution in [2.24, 2.45) is 14.1 Å². The third kappa shape index (κ3) is 2.43. The largest absolute Gasteiger partial charge is 0.352 e. The van der Waals surface area contributed by atoms with E-state index < -0.39 is 5.69 Å². The highest BCUT2D eigenvalue weighted by Gasteiger charge is 2.25. The van der Waals surface area contributed by atoms with Crippen LogP contribution in [0.5, 0.6) is 0 Å². The average Bonchev–Trinajstić information content (AvgIpc) is 2.68. The number of aromatic nitrogens is 4. The molecule has 0 aromatic heterocycles. The van der Waals surface area contributed by atoms with Gasteiger partial charge in [0.05, 0.1) is 11.3 Å². The lowest BCUT2D eigenvalue weighted by Crippen LogP contribution is -2.36. The third-order valence-electron chi connectivity index (χ3n) is 4.38. The lowest BCUT2D eigenvalue weighted by molar-refractivity contribution is 0.697. The summed E-state index contributed by atoms with van der Waals surface area (Å²) in [6.07, 6.45) is 0. The first-order valence-electron chi connectivity index (χ1n) is 8.17. The molecule has 0 amide bonds. The normalized spacial score (nSPS) is 11.0. The summed E-state index contributed by atoms with van der Waals surface area (Å²) in [7, 11) is 3.13. The van der Waals surface area contributed by atoms with Crippen molar-refractivity contribution in [3.63, 3.8) is 0 Å². The Labute approximate surface area is 149 Å². The predicted octanol–water partition coefficient (Wildman–Crippen LogP) is 2.31. The summed E-state index contributed by atoms with van der Waals surface area (Å²) in [6.45, 7) is 0. The van der Waals surface area contributed by atoms with E-state index in [1.54, 1.807) is 7.05 Å². The first kappa shape index (κ1) is 16.0. The summed E-state index contributed by atoms with van der Waals surface area (Å²) < 4.78 is 2.52. The first-order valence-corrected chi connectivity index (χ1v) is 8.17. The van der Waals surface area contributed by atoms with Gasteiger partial charge in [-0.25, -0.2) is 9.48 Å². The van der Waals surface area contributed by atoms with Crippen LogP contribution in [0.15, 0.2) is 70.3 Å². The SMILES string of the molecule is Cn1nc(-c2ccccc2)c(-c2ccccc2)c2c(=O)n(C)c(=O)nc1-2. The minimum atomic E-state index is -0.591. The highest BCUT2D eigenvalue weighted by atomic mass is 16.2. The Bertz CT molecular complexity index is 1180. The minimum absolute atomic E-state index is 0.275. The molecule has 0 bridgehead atoms. The van der Waals surface area contributed by atoms with E-state index in [9.17, 15) is 9.59 Å². The van der Waals surface area contributed by atoms with E-state index in [0.717, 1.165) is 15.7 Å². The molecule has 0 aliphatic carbocycles. The number of hydrogen-bond donors (Lipinski definition) is 0. The Morgan fingerprint density at radius 1 is 0.769 bits per heavy atom. The van der Waals surface area contributed by atoms with Gasteiger partial charge in [-0.3, -0.25) is 9.36 Å². The molecule has 0 spiro atoms. The summed E-state index contributed by atoms with van der Waals surface area (Å²) in [6, 6.07) is 19.2. The van der Waals surface area contributed by atoms with Gasteiger partial charge >= 0.3 is 5.69 Å². The molecule has 0 atom stereocenters. The molecule has 6 heteroatoms. The molecule has 0 radical (unpaired) electrons. The number of nitrogens with zero attached hydrogens (tertiary/aromatic N) is 4. The molecule has 6 nitrogen and oxygen atoms in total. The maximum atomic E-state index is 13.0. The van der Waals surface area contributed by atoms with E-state index in [1.807, 2.05) is 60.7 Å². The van der Waals surface area contributed by atoms with Crippen LogP contribution < -0.4 is 11.2 Å². The fourth-order valence-corrected chi connectivity index (χ4v) is 3.07. The van der Waals surface area contributed by atoms with E-state index in [2.05, 4.69) is 10.1 Å². The highest BCUT2D eigenvalue weighted by Crippen LogP contribution is 2.36. The van der Waals surface area contributed by atoms with Crippen molar-refractivity contribution in [2.45, 2.75) is 0 Å². The zero-order valence-electron chi connectivity index (χ0n) is 14.4. The Hall–Kier alpha value is -3.54. The van der Waals surface area contributed by atoms with Gasteiger partial charge in [0, 0.05) is 25.2 Å². The fraction of sp³-hybridized carbons (Fsp3) is 0.100. The average molecular weight is 344 g/mol. The van der Waals surface area contributed by atoms with Gasteiger partial charge < -0.3 is 0 Å². The van der Waals surface area contributed by atoms with Gasteiger partial charge in [-0.05, 0) is 5.56 Å². The lowest BCUT2D eigenvalue weighted by Gasteiger charge is -2.18. The van der Waals surface area contributed by atoms with Crippen LogP contribution >= 0.6 is 0 Å². The van der Waals surface area contributed by atoms with Crippen LogP contribution in [0.1, 0.15) is 0 Å². The van der Waals surface area contributed by atoms with Crippen LogP contribution in [0.3, 0.4) is 0 Å². The highest BCUT2D eigenvalue weighted by molar-refractivity contribution is 5.90. The molecule has 2 aliphatic rings. The minimum Gasteiger partial charge on any atom is -0.268 e. The molecule has 26 heavy (non-hydrogen) atoms. The molecule has 0 saturated carbocycles. The fourth-order valence-electron chi connectivity index (χ4n) is 3.07. The molecule has 2 aromatic rings. The van der Waals surface area contributed by atoms with Crippen LogP contribution in [-0.2, 0) is 14.1 Å². The molecule has 0 N–H and O–H groups in total. The number of aryl methyl sites for hydroxylation is 1. The topological polar surface area (TPSA) is 69.8 Å². The number of benzene rings is 2. The maximum Gasteiger partial charge on any atom is 0.352 e. The molecular formula is C20H16N4O2. The van der Waals surface area contributed by atoms with Gasteiger partial charge in [0.2, 0.25) is 0 Å². The van der Waals surface area contributed by atoms with Crippen LogP contribution in [0.2, 0.25) is 0 Å². The molecule has 128 valence electrons. The standard InChI is InChI=1S/C20H16N4O2/c1-23-19(25)16-15(13-9-5-3-6-10-13)17(14-11-7-4-8-12-14)22-24(2)18(16)21-20(23)26/h3-12H,1-2H3. The van der Waals surface area contributed by atoms with E-state index in [-0.39, 0.29) is 11.4 Å². The van der Waals surface area contributed by atoms with Gasteiger partial charge in [0.25, 0.3) is 5.56 Å². The van der Waals surface area contributed by atoms with E-state index in [1.165, 1.54) is 11.7 Å². The molecule has 4 rings (SSSR count). The smallest absolute Gasteiger partial charge is 0.268 e. The molecule has 0 unspecified atom stereocenters. The molecule has 0 fully saturated rings. The van der Waals surface area contributed by atoms with Crippen LogP contribution in [0, 0.1) is 0 Å². The molecule has 2 aromatic carbocycles. The second kappa shape index (κ2) is 6.07. The summed E-state index contributed by atoms with van der Waals surface area (Å²) in [5.74, 6) is 0.275. The van der Waals surface area contributed by atoms with Crippen LogP contribution in [0.4, 0.5) is 0 Å². The van der Waals surface area contributed by atoms with Gasteiger partial charge in [-0.1, -0.05) is 60.7 Å². The van der Waals surface area contributed by atoms with E-state index in [0.29, 0.717) is 16.8 Å². The van der Waals surface area contributed by atoms with E-state index >= 15 is 0 Å². The monoisotopic (exact) mass is 344 g/mol. The third-order valence-corrected chi connectivity index (χ3v) is 4.38. The first-order chi connectivity index (χ1) is 12.6. The van der Waals surface area contributed by atoms with Gasteiger partial charge in [-0.15, -0.1) is 0 Å². The second-order valence-electron chi connectivity index (χ2n) is 6.04. The van der Waals surface area contributed by atoms with Crippen molar-refractivity contribution < 1.29 is 0 Å². The zero-order chi connectivity index (χ0) is 18.3.